The van der Waals surface area contributed by atoms with Gasteiger partial charge in [-0.05, 0) is 60.1 Å². The van der Waals surface area contributed by atoms with Crippen molar-refractivity contribution in [1.29, 1.82) is 0 Å². The molecule has 2 unspecified atom stereocenters. The highest BCUT2D eigenvalue weighted by Gasteiger charge is 2.56. The molecular weight excluding hydrogens is 389 g/mol. The molecule has 156 valence electrons. The summed E-state index contributed by atoms with van der Waals surface area (Å²) < 4.78 is 69.6. The number of benzene rings is 1. The monoisotopic (exact) mass is 411 g/mol. The second-order valence-electron chi connectivity index (χ2n) is 8.27. The van der Waals surface area contributed by atoms with Gasteiger partial charge in [0, 0.05) is 18.0 Å². The fraction of sp³-hybridized carbons (Fsp3) is 0.409. The number of aromatic nitrogens is 1. The number of hydrogen-bond acceptors (Lipinski definition) is 2. The number of halogens is 5. The van der Waals surface area contributed by atoms with E-state index in [0.29, 0.717) is 0 Å². The van der Waals surface area contributed by atoms with Gasteiger partial charge in [-0.25, -0.2) is 8.78 Å². The smallest absolute Gasteiger partial charge is 0.380 e. The molecule has 1 aliphatic carbocycles. The summed E-state index contributed by atoms with van der Waals surface area (Å²) in [5.41, 5.74) is -3.81. The average molecular weight is 411 g/mol. The first-order chi connectivity index (χ1) is 13.4. The van der Waals surface area contributed by atoms with Gasteiger partial charge in [0.05, 0.1) is 5.52 Å². The summed E-state index contributed by atoms with van der Waals surface area (Å²) in [6.45, 7) is 3.22. The number of aliphatic hydroxyl groups is 1. The fourth-order valence-corrected chi connectivity index (χ4v) is 4.01. The molecule has 0 aliphatic heterocycles. The van der Waals surface area contributed by atoms with Crippen LogP contribution in [0.3, 0.4) is 0 Å². The van der Waals surface area contributed by atoms with Crippen molar-refractivity contribution in [2.24, 2.45) is 11.3 Å². The van der Waals surface area contributed by atoms with Gasteiger partial charge in [0.2, 0.25) is 0 Å². The second-order valence-corrected chi connectivity index (χ2v) is 8.27. The molecule has 0 radical (unpaired) electrons. The summed E-state index contributed by atoms with van der Waals surface area (Å²) in [4.78, 5) is 4.00. The summed E-state index contributed by atoms with van der Waals surface area (Å²) in [5.74, 6) is -1.49. The van der Waals surface area contributed by atoms with Gasteiger partial charge >= 0.3 is 6.18 Å². The Labute approximate surface area is 165 Å². The molecule has 29 heavy (non-hydrogen) atoms. The van der Waals surface area contributed by atoms with Gasteiger partial charge in [0.15, 0.2) is 5.60 Å². The van der Waals surface area contributed by atoms with Gasteiger partial charge in [0.25, 0.3) is 0 Å². The van der Waals surface area contributed by atoms with Gasteiger partial charge in [-0.15, -0.1) is 0 Å². The minimum absolute atomic E-state index is 0.0296. The van der Waals surface area contributed by atoms with E-state index in [4.69, 9.17) is 0 Å². The van der Waals surface area contributed by atoms with Crippen LogP contribution in [0.25, 0.3) is 10.9 Å². The van der Waals surface area contributed by atoms with Crippen LogP contribution in [0.4, 0.5) is 22.0 Å². The van der Waals surface area contributed by atoms with Crippen molar-refractivity contribution in [3.8, 4) is 0 Å². The third kappa shape index (κ3) is 4.34. The van der Waals surface area contributed by atoms with Gasteiger partial charge in [-0.3, -0.25) is 4.98 Å². The van der Waals surface area contributed by atoms with Crippen LogP contribution in [0.5, 0.6) is 0 Å². The number of pyridine rings is 1. The van der Waals surface area contributed by atoms with E-state index in [1.165, 1.54) is 42.6 Å². The third-order valence-electron chi connectivity index (χ3n) is 5.62. The highest BCUT2D eigenvalue weighted by molar-refractivity contribution is 5.82. The van der Waals surface area contributed by atoms with E-state index in [-0.39, 0.29) is 28.8 Å². The van der Waals surface area contributed by atoms with E-state index >= 15 is 0 Å². The molecule has 0 fully saturated rings. The van der Waals surface area contributed by atoms with Crippen LogP contribution in [-0.2, 0) is 6.42 Å². The minimum Gasteiger partial charge on any atom is -0.380 e. The molecule has 0 saturated carbocycles. The molecule has 0 saturated heterocycles. The van der Waals surface area contributed by atoms with E-state index in [0.717, 1.165) is 6.07 Å². The predicted octanol–water partition coefficient (Wildman–Crippen LogP) is 6.06. The van der Waals surface area contributed by atoms with Gasteiger partial charge in [-0.2, -0.15) is 13.2 Å². The number of nitrogens with zero attached hydrogens (tertiary/aromatic N) is 1. The van der Waals surface area contributed by atoms with Crippen molar-refractivity contribution in [1.82, 2.24) is 4.98 Å². The summed E-state index contributed by atoms with van der Waals surface area (Å²) in [7, 11) is 0. The molecule has 0 spiro atoms. The van der Waals surface area contributed by atoms with Crippen molar-refractivity contribution in [3.63, 3.8) is 0 Å². The molecular formula is C22H22F5NO. The third-order valence-corrected chi connectivity index (χ3v) is 5.62. The Hall–Kier alpha value is -2.28. The topological polar surface area (TPSA) is 33.1 Å². The standard InChI is InChI=1S/C22H22F5NO/c1-20(2,15-6-8-16(23)9-7-15)13-21(29,22(25,26)27)12-14-10-11-28-18-5-3-4-17(24)19(14)18/h3-6,8-11,15,29H,7,12-13H2,1-2H3. The molecule has 2 aromatic rings. The summed E-state index contributed by atoms with van der Waals surface area (Å²) in [5, 5.41) is 10.8. The van der Waals surface area contributed by atoms with E-state index in [9.17, 15) is 27.1 Å². The largest absolute Gasteiger partial charge is 0.417 e. The molecule has 2 atom stereocenters. The number of rotatable bonds is 5. The minimum atomic E-state index is -4.94. The molecule has 0 amide bonds. The lowest BCUT2D eigenvalue weighted by Crippen LogP contribution is -2.51. The van der Waals surface area contributed by atoms with Crippen molar-refractivity contribution in [3.05, 3.63) is 65.9 Å². The van der Waals surface area contributed by atoms with Gasteiger partial charge in [-0.1, -0.05) is 26.0 Å². The zero-order valence-electron chi connectivity index (χ0n) is 16.1. The molecule has 7 heteroatoms. The summed E-state index contributed by atoms with van der Waals surface area (Å²) in [6.07, 6.45) is -0.726. The van der Waals surface area contributed by atoms with Crippen LogP contribution in [-0.4, -0.2) is 21.9 Å². The molecule has 1 aromatic carbocycles. The highest BCUT2D eigenvalue weighted by Crippen LogP contribution is 2.47. The van der Waals surface area contributed by atoms with Crippen molar-refractivity contribution < 1.29 is 27.1 Å². The Bertz CT molecular complexity index is 958. The van der Waals surface area contributed by atoms with Crippen LogP contribution < -0.4 is 0 Å². The average Bonchev–Trinajstić information content (AvgIpc) is 2.61. The van der Waals surface area contributed by atoms with Crippen molar-refractivity contribution in [2.45, 2.75) is 44.9 Å². The quantitative estimate of drug-likeness (QED) is 0.607. The maximum Gasteiger partial charge on any atom is 0.417 e. The Balaban J connectivity index is 1.98. The van der Waals surface area contributed by atoms with Gasteiger partial charge in [0.1, 0.15) is 11.6 Å². The summed E-state index contributed by atoms with van der Waals surface area (Å²) >= 11 is 0. The van der Waals surface area contributed by atoms with E-state index in [2.05, 4.69) is 4.98 Å². The first kappa shape index (κ1) is 21.4. The highest BCUT2D eigenvalue weighted by atomic mass is 19.4. The maximum absolute atomic E-state index is 14.3. The van der Waals surface area contributed by atoms with Gasteiger partial charge < -0.3 is 5.11 Å². The molecule has 3 rings (SSSR count). The number of fused-ring (bicyclic) bond motifs is 1. The van der Waals surface area contributed by atoms with Crippen LogP contribution in [0.1, 0.15) is 32.3 Å². The van der Waals surface area contributed by atoms with E-state index in [1.54, 1.807) is 13.8 Å². The Morgan fingerprint density at radius 3 is 2.48 bits per heavy atom. The summed E-state index contributed by atoms with van der Waals surface area (Å²) in [6, 6.07) is 5.38. The zero-order chi connectivity index (χ0) is 21.4. The molecule has 2 nitrogen and oxygen atoms in total. The van der Waals surface area contributed by atoms with Crippen LogP contribution in [0, 0.1) is 17.2 Å². The lowest BCUT2D eigenvalue weighted by molar-refractivity contribution is -0.270. The molecule has 0 bridgehead atoms. The van der Waals surface area contributed by atoms with Crippen LogP contribution in [0.2, 0.25) is 0 Å². The van der Waals surface area contributed by atoms with E-state index < -0.39 is 41.7 Å². The first-order valence-electron chi connectivity index (χ1n) is 9.28. The lowest BCUT2D eigenvalue weighted by atomic mass is 9.68. The van der Waals surface area contributed by atoms with Crippen LogP contribution >= 0.6 is 0 Å². The lowest BCUT2D eigenvalue weighted by Gasteiger charge is -2.41. The van der Waals surface area contributed by atoms with Crippen molar-refractivity contribution in [2.75, 3.05) is 0 Å². The number of alkyl halides is 3. The Kier molecular flexibility index (Phi) is 5.56. The Morgan fingerprint density at radius 2 is 1.86 bits per heavy atom. The zero-order valence-corrected chi connectivity index (χ0v) is 16.1. The molecule has 1 aliphatic rings. The SMILES string of the molecule is CC(C)(CC(O)(Cc1ccnc2cccc(F)c12)C(F)(F)F)C1C=CC(F)=CC1. The first-order valence-corrected chi connectivity index (χ1v) is 9.28. The second kappa shape index (κ2) is 7.52. The van der Waals surface area contributed by atoms with E-state index in [1.807, 2.05) is 0 Å². The van der Waals surface area contributed by atoms with Crippen LogP contribution in [0.15, 0.2) is 54.5 Å². The normalized spacial score (nSPS) is 19.9. The predicted molar refractivity (Wildman–Crippen MR) is 101 cm³/mol. The maximum atomic E-state index is 14.3. The fourth-order valence-electron chi connectivity index (χ4n) is 4.01. The molecule has 1 N–H and O–H groups in total. The molecule has 1 heterocycles. The van der Waals surface area contributed by atoms with Crippen molar-refractivity contribution >= 4 is 10.9 Å². The molecule has 1 aromatic heterocycles. The number of allylic oxidation sites excluding steroid dienone is 4. The number of hydrogen-bond donors (Lipinski definition) is 1. The Morgan fingerprint density at radius 1 is 1.14 bits per heavy atom.